The average Bonchev–Trinajstić information content (AvgIpc) is 3.61. The lowest BCUT2D eigenvalue weighted by Crippen LogP contribution is -2.61. The second-order valence-electron chi connectivity index (χ2n) is 18.6. The molecule has 0 bridgehead atoms. The minimum absolute atomic E-state index is 0.0332. The lowest BCUT2D eigenvalue weighted by molar-refractivity contribution is 0.661. The van der Waals surface area contributed by atoms with Gasteiger partial charge in [0.15, 0.2) is 0 Å². The molecule has 5 heteroatoms. The molecule has 0 fully saturated rings. The smallest absolute Gasteiger partial charge is 0.252 e. The summed E-state index contributed by atoms with van der Waals surface area (Å²) >= 11 is 0. The van der Waals surface area contributed by atoms with E-state index in [4.69, 9.17) is 0 Å². The third kappa shape index (κ3) is 6.23. The van der Waals surface area contributed by atoms with Crippen LogP contribution in [0.4, 0.5) is 68.2 Å². The lowest BCUT2D eigenvalue weighted by Gasteiger charge is -2.44. The van der Waals surface area contributed by atoms with Gasteiger partial charge in [0.2, 0.25) is 0 Å². The van der Waals surface area contributed by atoms with Gasteiger partial charge in [0, 0.05) is 73.7 Å². The molecule has 10 aromatic rings. The van der Waals surface area contributed by atoms with E-state index < -0.39 is 0 Å². The molecule has 0 saturated carbocycles. The Morgan fingerprint density at radius 3 is 1.22 bits per heavy atom. The highest BCUT2D eigenvalue weighted by Gasteiger charge is 2.46. The fraction of sp³-hybridized carbons (Fsp3) is 0.0476. The largest absolute Gasteiger partial charge is 0.311 e. The van der Waals surface area contributed by atoms with E-state index in [0.717, 1.165) is 45.5 Å². The molecule has 0 unspecified atom stereocenters. The van der Waals surface area contributed by atoms with Crippen LogP contribution in [0.25, 0.3) is 11.1 Å². The molecular formula is C63H47BN4. The summed E-state index contributed by atoms with van der Waals surface area (Å²) in [5.41, 5.74) is 22.7. The highest BCUT2D eigenvalue weighted by atomic mass is 15.2. The van der Waals surface area contributed by atoms with Crippen LogP contribution in [0, 0.1) is 0 Å². The predicted octanol–water partition coefficient (Wildman–Crippen LogP) is 15.0. The van der Waals surface area contributed by atoms with Gasteiger partial charge < -0.3 is 19.6 Å². The van der Waals surface area contributed by atoms with Gasteiger partial charge in [-0.3, -0.25) is 0 Å². The topological polar surface area (TPSA) is 13.0 Å². The molecule has 68 heavy (non-hydrogen) atoms. The van der Waals surface area contributed by atoms with Crippen molar-refractivity contribution in [2.75, 3.05) is 19.6 Å². The van der Waals surface area contributed by atoms with E-state index in [1.54, 1.807) is 0 Å². The zero-order valence-corrected chi connectivity index (χ0v) is 38.0. The van der Waals surface area contributed by atoms with Crippen molar-refractivity contribution in [1.82, 2.24) is 0 Å². The van der Waals surface area contributed by atoms with Crippen molar-refractivity contribution in [2.45, 2.75) is 19.3 Å². The molecule has 2 heterocycles. The van der Waals surface area contributed by atoms with Crippen molar-refractivity contribution in [3.63, 3.8) is 0 Å². The standard InChI is InChI=1S/C63H47BN4/c1-63(2)54-40-50(65(44-22-9-3-10-23-44)45-24-11-4-12-25-45)36-38-52(54)53-42-61-57(43-55(53)63)64-56-39-37-51(66(46-26-13-5-14-27-46)47-28-15-6-16-29-47)41-60(56)67(48-30-17-7-18-31-48)58-34-21-35-59(62(58)64)68(61)49-32-19-8-20-33-49/h3-43H,1-2H3. The molecule has 0 spiro atoms. The van der Waals surface area contributed by atoms with Gasteiger partial charge in [-0.25, -0.2) is 0 Å². The molecule has 10 aromatic carbocycles. The van der Waals surface area contributed by atoms with Crippen LogP contribution in [0.2, 0.25) is 0 Å². The maximum absolute atomic E-state index is 2.58. The fourth-order valence-corrected chi connectivity index (χ4v) is 11.3. The highest BCUT2D eigenvalue weighted by Crippen LogP contribution is 2.54. The van der Waals surface area contributed by atoms with E-state index in [-0.39, 0.29) is 12.1 Å². The Morgan fingerprint density at radius 2 is 0.735 bits per heavy atom. The Bertz CT molecular complexity index is 3410. The van der Waals surface area contributed by atoms with Crippen LogP contribution in [0.15, 0.2) is 249 Å². The van der Waals surface area contributed by atoms with Crippen LogP contribution in [0.5, 0.6) is 0 Å². The number of fused-ring (bicyclic) bond motifs is 7. The van der Waals surface area contributed by atoms with Crippen molar-refractivity contribution in [3.05, 3.63) is 260 Å². The summed E-state index contributed by atoms with van der Waals surface area (Å²) in [6, 6.07) is 91.0. The first-order valence-electron chi connectivity index (χ1n) is 23.6. The van der Waals surface area contributed by atoms with Gasteiger partial charge in [-0.05, 0) is 154 Å². The van der Waals surface area contributed by atoms with Crippen molar-refractivity contribution in [3.8, 4) is 11.1 Å². The van der Waals surface area contributed by atoms with Gasteiger partial charge in [-0.15, -0.1) is 0 Å². The van der Waals surface area contributed by atoms with Crippen molar-refractivity contribution >= 4 is 91.3 Å². The second-order valence-corrected chi connectivity index (χ2v) is 18.6. The normalized spacial score (nSPS) is 13.5. The predicted molar refractivity (Wildman–Crippen MR) is 287 cm³/mol. The second kappa shape index (κ2) is 15.8. The summed E-state index contributed by atoms with van der Waals surface area (Å²) in [4.78, 5) is 9.77. The van der Waals surface area contributed by atoms with E-state index in [1.165, 1.54) is 61.4 Å². The third-order valence-electron chi connectivity index (χ3n) is 14.4. The third-order valence-corrected chi connectivity index (χ3v) is 14.4. The summed E-state index contributed by atoms with van der Waals surface area (Å²) in [5.74, 6) is 0. The SMILES string of the molecule is CC1(C)c2cc(N(c3ccccc3)c3ccccc3)ccc2-c2cc3c(cc21)B1c2ccc(N(c4ccccc4)c4ccccc4)cc2N(c2ccccc2)c2cccc(c21)N3c1ccccc1. The quantitative estimate of drug-likeness (QED) is 0.141. The van der Waals surface area contributed by atoms with Crippen LogP contribution >= 0.6 is 0 Å². The first kappa shape index (κ1) is 39.8. The number of hydrogen-bond donors (Lipinski definition) is 0. The Labute approximate surface area is 399 Å². The van der Waals surface area contributed by atoms with Crippen LogP contribution < -0.4 is 36.0 Å². The summed E-state index contributed by atoms with van der Waals surface area (Å²) in [6.45, 7) is 4.80. The summed E-state index contributed by atoms with van der Waals surface area (Å²) in [6.07, 6.45) is 0. The van der Waals surface area contributed by atoms with Crippen LogP contribution in [0.1, 0.15) is 25.0 Å². The molecule has 2 aliphatic heterocycles. The summed E-state index contributed by atoms with van der Waals surface area (Å²) in [5, 5.41) is 0. The fourth-order valence-electron chi connectivity index (χ4n) is 11.3. The Hall–Kier alpha value is -8.54. The minimum atomic E-state index is -0.282. The molecule has 3 aliphatic rings. The lowest BCUT2D eigenvalue weighted by atomic mass is 9.33. The van der Waals surface area contributed by atoms with Gasteiger partial charge in [0.1, 0.15) is 0 Å². The molecule has 4 nitrogen and oxygen atoms in total. The number of para-hydroxylation sites is 6. The Balaban J connectivity index is 1.04. The van der Waals surface area contributed by atoms with Gasteiger partial charge in [0.05, 0.1) is 0 Å². The zero-order valence-electron chi connectivity index (χ0n) is 38.0. The van der Waals surface area contributed by atoms with Gasteiger partial charge in [0.25, 0.3) is 6.71 Å². The molecule has 0 amide bonds. The molecule has 0 aromatic heterocycles. The number of benzene rings is 10. The van der Waals surface area contributed by atoms with E-state index in [2.05, 4.69) is 282 Å². The number of hydrogen-bond acceptors (Lipinski definition) is 4. The van der Waals surface area contributed by atoms with Crippen molar-refractivity contribution < 1.29 is 0 Å². The molecule has 13 rings (SSSR count). The van der Waals surface area contributed by atoms with E-state index in [9.17, 15) is 0 Å². The summed E-state index contributed by atoms with van der Waals surface area (Å²) < 4.78 is 0. The average molecular weight is 871 g/mol. The maximum Gasteiger partial charge on any atom is 0.252 e. The first-order valence-corrected chi connectivity index (χ1v) is 23.6. The molecule has 0 N–H and O–H groups in total. The molecule has 322 valence electrons. The zero-order chi connectivity index (χ0) is 45.3. The van der Waals surface area contributed by atoms with Gasteiger partial charge in [-0.2, -0.15) is 0 Å². The maximum atomic E-state index is 2.58. The van der Waals surface area contributed by atoms with Crippen LogP contribution in [-0.4, -0.2) is 6.71 Å². The Kier molecular flexibility index (Phi) is 9.26. The highest BCUT2D eigenvalue weighted by molar-refractivity contribution is 7.00. The van der Waals surface area contributed by atoms with E-state index >= 15 is 0 Å². The summed E-state index contributed by atoms with van der Waals surface area (Å²) in [7, 11) is 0. The molecule has 0 radical (unpaired) electrons. The van der Waals surface area contributed by atoms with E-state index in [1.807, 2.05) is 0 Å². The van der Waals surface area contributed by atoms with Crippen LogP contribution in [-0.2, 0) is 5.41 Å². The number of anilines is 12. The number of rotatable bonds is 8. The van der Waals surface area contributed by atoms with E-state index in [0.29, 0.717) is 0 Å². The number of nitrogens with zero attached hydrogens (tertiary/aromatic N) is 4. The first-order chi connectivity index (χ1) is 33.5. The van der Waals surface area contributed by atoms with Gasteiger partial charge >= 0.3 is 0 Å². The van der Waals surface area contributed by atoms with Crippen LogP contribution in [0.3, 0.4) is 0 Å². The monoisotopic (exact) mass is 870 g/mol. The molecular weight excluding hydrogens is 824 g/mol. The van der Waals surface area contributed by atoms with Crippen molar-refractivity contribution in [1.29, 1.82) is 0 Å². The van der Waals surface area contributed by atoms with Gasteiger partial charge in [-0.1, -0.05) is 147 Å². The molecule has 0 saturated heterocycles. The molecule has 0 atom stereocenters. The molecule has 1 aliphatic carbocycles. The minimum Gasteiger partial charge on any atom is -0.311 e. The Morgan fingerprint density at radius 1 is 0.324 bits per heavy atom. The van der Waals surface area contributed by atoms with Crippen molar-refractivity contribution in [2.24, 2.45) is 0 Å².